The molecule has 0 saturated heterocycles. The monoisotopic (exact) mass is 675 g/mol. The smallest absolute Gasteiger partial charge is 0.143 e. The van der Waals surface area contributed by atoms with Crippen LogP contribution in [0.3, 0.4) is 0 Å². The van der Waals surface area contributed by atoms with Crippen molar-refractivity contribution in [2.75, 3.05) is 4.90 Å². The van der Waals surface area contributed by atoms with E-state index in [0.717, 1.165) is 57.3 Å². The number of rotatable bonds is 6. The van der Waals surface area contributed by atoms with E-state index >= 15 is 0 Å². The van der Waals surface area contributed by atoms with Crippen LogP contribution in [0.15, 0.2) is 156 Å². The first kappa shape index (κ1) is 30.2. The minimum atomic E-state index is 0.340. The first-order valence-electron chi connectivity index (χ1n) is 18.2. The van der Waals surface area contributed by atoms with Crippen LogP contribution in [0.2, 0.25) is 0 Å². The molecule has 0 bridgehead atoms. The van der Waals surface area contributed by atoms with Crippen molar-refractivity contribution in [3.63, 3.8) is 0 Å². The summed E-state index contributed by atoms with van der Waals surface area (Å²) in [5.41, 5.74) is 12.1. The van der Waals surface area contributed by atoms with E-state index in [2.05, 4.69) is 170 Å². The predicted octanol–water partition coefficient (Wildman–Crippen LogP) is 14.5. The quantitative estimate of drug-likeness (QED) is 0.174. The Morgan fingerprint density at radius 2 is 1.31 bits per heavy atom. The van der Waals surface area contributed by atoms with Gasteiger partial charge < -0.3 is 9.32 Å². The Hall–Kier alpha value is -5.64. The fourth-order valence-corrected chi connectivity index (χ4v) is 10.2. The number of benzene rings is 7. The van der Waals surface area contributed by atoms with Crippen molar-refractivity contribution in [2.45, 2.75) is 38.5 Å². The molecule has 7 aromatic carbocycles. The Kier molecular flexibility index (Phi) is 7.11. The molecule has 246 valence electrons. The lowest BCUT2D eigenvalue weighted by molar-refractivity contribution is 0.670. The third-order valence-corrected chi connectivity index (χ3v) is 12.3. The van der Waals surface area contributed by atoms with Crippen molar-refractivity contribution < 1.29 is 4.42 Å². The van der Waals surface area contributed by atoms with E-state index in [1.165, 1.54) is 48.1 Å². The van der Waals surface area contributed by atoms with Gasteiger partial charge in [-0.15, -0.1) is 11.3 Å². The third kappa shape index (κ3) is 4.68. The van der Waals surface area contributed by atoms with Crippen LogP contribution in [0.25, 0.3) is 53.9 Å². The van der Waals surface area contributed by atoms with Gasteiger partial charge in [0.05, 0.1) is 5.69 Å². The maximum absolute atomic E-state index is 6.64. The van der Waals surface area contributed by atoms with Crippen molar-refractivity contribution in [1.29, 1.82) is 0 Å². The summed E-state index contributed by atoms with van der Waals surface area (Å²) >= 11 is 2.00. The van der Waals surface area contributed by atoms with Gasteiger partial charge >= 0.3 is 0 Å². The lowest BCUT2D eigenvalue weighted by Gasteiger charge is -2.33. The maximum atomic E-state index is 6.64. The maximum Gasteiger partial charge on any atom is 0.143 e. The van der Waals surface area contributed by atoms with Crippen molar-refractivity contribution in [1.82, 2.24) is 0 Å². The zero-order valence-electron chi connectivity index (χ0n) is 28.8. The number of fused-ring (bicyclic) bond motifs is 8. The highest BCUT2D eigenvalue weighted by molar-refractivity contribution is 7.19. The molecule has 2 atom stereocenters. The summed E-state index contributed by atoms with van der Waals surface area (Å²) < 4.78 is 8.00. The van der Waals surface area contributed by atoms with E-state index in [9.17, 15) is 0 Å². The average molecular weight is 676 g/mol. The Bertz CT molecular complexity index is 2750. The Morgan fingerprint density at radius 3 is 2.14 bits per heavy atom. The molecular weight excluding hydrogens is 639 g/mol. The largest absolute Gasteiger partial charge is 0.455 e. The Labute approximate surface area is 302 Å². The fraction of sp³-hybridized carbons (Fsp3) is 0.125. The van der Waals surface area contributed by atoms with Crippen LogP contribution in [-0.4, -0.2) is 0 Å². The molecule has 2 nitrogen and oxygen atoms in total. The Balaban J connectivity index is 1.31. The van der Waals surface area contributed by atoms with Crippen LogP contribution < -0.4 is 4.90 Å². The molecule has 3 heteroatoms. The standard InChI is InChI=1S/C48H37NOS/c1-3-35-37-19-10-11-20-38(37)36(4-2)48-45(35)46-42(22-14-24-44(46)51-48)49(33-26-25-30-15-8-9-18-32(30)27-33)34-28-40(31-16-6-5-7-17-31)47-41(29-34)39-21-12-13-23-43(39)50-47/h5-29,35-36H,3-4H2,1-2H3. The van der Waals surface area contributed by atoms with Crippen molar-refractivity contribution in [3.8, 4) is 11.1 Å². The number of hydrogen-bond donors (Lipinski definition) is 0. The van der Waals surface area contributed by atoms with Crippen LogP contribution in [0, 0.1) is 0 Å². The molecule has 0 spiro atoms. The van der Waals surface area contributed by atoms with Gasteiger partial charge in [0.2, 0.25) is 0 Å². The van der Waals surface area contributed by atoms with Gasteiger partial charge in [-0.3, -0.25) is 0 Å². The summed E-state index contributed by atoms with van der Waals surface area (Å²) in [5, 5.41) is 6.10. The lowest BCUT2D eigenvalue weighted by Crippen LogP contribution is -2.17. The summed E-state index contributed by atoms with van der Waals surface area (Å²) in [7, 11) is 0. The second-order valence-corrected chi connectivity index (χ2v) is 14.9. The fourth-order valence-electron chi connectivity index (χ4n) is 8.75. The SMILES string of the molecule is CCC1c2ccccc2C(CC)c2c1sc1cccc(N(c3ccc4ccccc4c3)c3cc(-c4ccccc4)c4oc5ccccc5c4c3)c21. The highest BCUT2D eigenvalue weighted by Crippen LogP contribution is 2.55. The van der Waals surface area contributed by atoms with Gasteiger partial charge in [-0.05, 0) is 88.3 Å². The predicted molar refractivity (Wildman–Crippen MR) is 217 cm³/mol. The average Bonchev–Trinajstić information content (AvgIpc) is 3.76. The van der Waals surface area contributed by atoms with Gasteiger partial charge in [0, 0.05) is 54.5 Å². The second kappa shape index (κ2) is 12.0. The van der Waals surface area contributed by atoms with Gasteiger partial charge in [0.1, 0.15) is 11.2 Å². The summed E-state index contributed by atoms with van der Waals surface area (Å²) in [6, 6.07) is 55.6. The van der Waals surface area contributed by atoms with Crippen molar-refractivity contribution >= 4 is 71.2 Å². The van der Waals surface area contributed by atoms with Crippen LogP contribution in [0.4, 0.5) is 17.1 Å². The molecule has 2 unspecified atom stereocenters. The number of furan rings is 1. The summed E-state index contributed by atoms with van der Waals surface area (Å²) in [6.45, 7) is 4.70. The van der Waals surface area contributed by atoms with Crippen molar-refractivity contribution in [3.05, 3.63) is 173 Å². The molecule has 0 N–H and O–H groups in total. The highest BCUT2D eigenvalue weighted by atomic mass is 32.1. The minimum absolute atomic E-state index is 0.340. The molecular formula is C48H37NOS. The summed E-state index contributed by atoms with van der Waals surface area (Å²) in [5.74, 6) is 0.740. The van der Waals surface area contributed by atoms with Gasteiger partial charge in [-0.2, -0.15) is 0 Å². The van der Waals surface area contributed by atoms with E-state index in [-0.39, 0.29) is 0 Å². The number of nitrogens with zero attached hydrogens (tertiary/aromatic N) is 1. The normalized spacial score (nSPS) is 15.4. The third-order valence-electron chi connectivity index (χ3n) is 11.0. The first-order chi connectivity index (χ1) is 25.2. The van der Waals surface area contributed by atoms with Crippen LogP contribution in [-0.2, 0) is 0 Å². The number of hydrogen-bond acceptors (Lipinski definition) is 3. The molecule has 1 aliphatic rings. The lowest BCUT2D eigenvalue weighted by atomic mass is 9.73. The summed E-state index contributed by atoms with van der Waals surface area (Å²) in [4.78, 5) is 4.05. The molecule has 9 aromatic rings. The van der Waals surface area contributed by atoms with Gasteiger partial charge in [-0.25, -0.2) is 0 Å². The van der Waals surface area contributed by atoms with E-state index in [1.54, 1.807) is 0 Å². The van der Waals surface area contributed by atoms with E-state index in [1.807, 2.05) is 11.3 Å². The van der Waals surface area contributed by atoms with Crippen molar-refractivity contribution in [2.24, 2.45) is 0 Å². The van der Waals surface area contributed by atoms with Gasteiger partial charge in [0.15, 0.2) is 0 Å². The highest BCUT2D eigenvalue weighted by Gasteiger charge is 2.35. The van der Waals surface area contributed by atoms with E-state index in [0.29, 0.717) is 11.8 Å². The van der Waals surface area contributed by atoms with Gasteiger partial charge in [-0.1, -0.05) is 123 Å². The van der Waals surface area contributed by atoms with Gasteiger partial charge in [0.25, 0.3) is 0 Å². The molecule has 2 aromatic heterocycles. The topological polar surface area (TPSA) is 16.4 Å². The van der Waals surface area contributed by atoms with Crippen LogP contribution >= 0.6 is 11.3 Å². The number of anilines is 3. The molecule has 0 amide bonds. The summed E-state index contributed by atoms with van der Waals surface area (Å²) in [6.07, 6.45) is 2.14. The molecule has 10 rings (SSSR count). The second-order valence-electron chi connectivity index (χ2n) is 13.8. The molecule has 1 aliphatic carbocycles. The molecule has 0 fully saturated rings. The zero-order chi connectivity index (χ0) is 34.1. The number of para-hydroxylation sites is 1. The molecule has 2 heterocycles. The van der Waals surface area contributed by atoms with E-state index in [4.69, 9.17) is 4.42 Å². The molecule has 51 heavy (non-hydrogen) atoms. The first-order valence-corrected chi connectivity index (χ1v) is 19.0. The number of thiophene rings is 1. The van der Waals surface area contributed by atoms with E-state index < -0.39 is 0 Å². The molecule has 0 aliphatic heterocycles. The zero-order valence-corrected chi connectivity index (χ0v) is 29.6. The molecule has 0 radical (unpaired) electrons. The molecule has 0 saturated carbocycles. The van der Waals surface area contributed by atoms with Crippen LogP contribution in [0.5, 0.6) is 0 Å². The van der Waals surface area contributed by atoms with Crippen LogP contribution in [0.1, 0.15) is 60.1 Å². The Morgan fingerprint density at radius 1 is 0.588 bits per heavy atom. The minimum Gasteiger partial charge on any atom is -0.455 e.